The predicted molar refractivity (Wildman–Crippen MR) is 72.3 cm³/mol. The maximum atomic E-state index is 11.0. The minimum atomic E-state index is -1.17. The molecule has 2 aromatic rings. The van der Waals surface area contributed by atoms with Crippen LogP contribution in [-0.4, -0.2) is 25.8 Å². The van der Waals surface area contributed by atoms with E-state index in [1.165, 1.54) is 4.68 Å². The van der Waals surface area contributed by atoms with Gasteiger partial charge in [-0.05, 0) is 24.6 Å². The summed E-state index contributed by atoms with van der Waals surface area (Å²) in [7, 11) is 0. The Balaban J connectivity index is 2.59. The molecule has 0 atom stereocenters. The first-order chi connectivity index (χ1) is 9.02. The summed E-state index contributed by atoms with van der Waals surface area (Å²) in [6.07, 6.45) is 1.42. The normalized spacial score (nSPS) is 10.7. The molecular formula is C12H11Cl2N3O2. The molecule has 0 bridgehead atoms. The van der Waals surface area contributed by atoms with E-state index in [9.17, 15) is 4.79 Å². The van der Waals surface area contributed by atoms with Crippen molar-refractivity contribution in [1.29, 1.82) is 0 Å². The fraction of sp³-hybridized carbons (Fsp3) is 0.250. The molecule has 0 unspecified atom stereocenters. The molecule has 5 nitrogen and oxygen atoms in total. The Labute approximate surface area is 119 Å². The van der Waals surface area contributed by atoms with E-state index in [2.05, 4.69) is 10.1 Å². The van der Waals surface area contributed by atoms with E-state index in [1.54, 1.807) is 18.2 Å². The van der Waals surface area contributed by atoms with Crippen molar-refractivity contribution in [3.63, 3.8) is 0 Å². The number of carbonyl (C=O) groups is 1. The van der Waals surface area contributed by atoms with Crippen molar-refractivity contribution >= 4 is 29.2 Å². The van der Waals surface area contributed by atoms with Crippen LogP contribution >= 0.6 is 23.2 Å². The molecule has 1 aromatic carbocycles. The van der Waals surface area contributed by atoms with Crippen LogP contribution in [-0.2, 0) is 6.42 Å². The number of halogens is 2. The van der Waals surface area contributed by atoms with Crippen LogP contribution < -0.4 is 0 Å². The zero-order valence-corrected chi connectivity index (χ0v) is 11.6. The van der Waals surface area contributed by atoms with Gasteiger partial charge >= 0.3 is 5.97 Å². The van der Waals surface area contributed by atoms with Crippen LogP contribution in [0, 0.1) is 0 Å². The summed E-state index contributed by atoms with van der Waals surface area (Å²) in [5.74, 6) is -0.877. The SMILES string of the molecule is CCCc1nc(C(=O)O)nn1-c1cc(Cl)ccc1Cl. The van der Waals surface area contributed by atoms with Gasteiger partial charge in [-0.2, -0.15) is 0 Å². The van der Waals surface area contributed by atoms with Crippen molar-refractivity contribution in [1.82, 2.24) is 14.8 Å². The second kappa shape index (κ2) is 5.59. The van der Waals surface area contributed by atoms with Crippen molar-refractivity contribution in [2.75, 3.05) is 0 Å². The number of hydrogen-bond acceptors (Lipinski definition) is 3. The summed E-state index contributed by atoms with van der Waals surface area (Å²) in [4.78, 5) is 15.0. The first kappa shape index (κ1) is 13.8. The first-order valence-corrected chi connectivity index (χ1v) is 6.43. The number of benzene rings is 1. The van der Waals surface area contributed by atoms with E-state index in [4.69, 9.17) is 28.3 Å². The molecule has 0 fully saturated rings. The van der Waals surface area contributed by atoms with E-state index < -0.39 is 5.97 Å². The second-order valence-corrected chi connectivity index (χ2v) is 4.76. The van der Waals surface area contributed by atoms with E-state index in [0.717, 1.165) is 6.42 Å². The van der Waals surface area contributed by atoms with Gasteiger partial charge in [0.1, 0.15) is 5.82 Å². The Hall–Kier alpha value is -1.59. The number of aromatic carboxylic acids is 1. The lowest BCUT2D eigenvalue weighted by atomic mass is 10.3. The Morgan fingerprint density at radius 2 is 2.16 bits per heavy atom. The number of nitrogens with zero attached hydrogens (tertiary/aromatic N) is 3. The largest absolute Gasteiger partial charge is 0.475 e. The Morgan fingerprint density at radius 3 is 2.79 bits per heavy atom. The number of hydrogen-bond donors (Lipinski definition) is 1. The lowest BCUT2D eigenvalue weighted by Crippen LogP contribution is -2.04. The molecule has 19 heavy (non-hydrogen) atoms. The van der Waals surface area contributed by atoms with Gasteiger partial charge < -0.3 is 5.11 Å². The van der Waals surface area contributed by atoms with Gasteiger partial charge in [-0.3, -0.25) is 0 Å². The number of aryl methyl sites for hydroxylation is 1. The van der Waals surface area contributed by atoms with Gasteiger partial charge in [-0.25, -0.2) is 14.5 Å². The van der Waals surface area contributed by atoms with Crippen molar-refractivity contribution in [3.8, 4) is 5.69 Å². The minimum Gasteiger partial charge on any atom is -0.475 e. The summed E-state index contributed by atoms with van der Waals surface area (Å²) in [6.45, 7) is 1.97. The molecule has 0 spiro atoms. The predicted octanol–water partition coefficient (Wildman–Crippen LogP) is 3.22. The van der Waals surface area contributed by atoms with Crippen LogP contribution in [0.1, 0.15) is 29.8 Å². The molecule has 1 heterocycles. The number of carboxylic acids is 1. The van der Waals surface area contributed by atoms with Gasteiger partial charge in [0.05, 0.1) is 10.7 Å². The van der Waals surface area contributed by atoms with Crippen LogP contribution in [0.25, 0.3) is 5.69 Å². The average molecular weight is 300 g/mol. The zero-order valence-electron chi connectivity index (χ0n) is 10.1. The maximum absolute atomic E-state index is 11.0. The van der Waals surface area contributed by atoms with Crippen LogP contribution in [0.3, 0.4) is 0 Å². The van der Waals surface area contributed by atoms with Crippen molar-refractivity contribution in [2.24, 2.45) is 0 Å². The van der Waals surface area contributed by atoms with Gasteiger partial charge in [0, 0.05) is 11.4 Å². The fourth-order valence-corrected chi connectivity index (χ4v) is 2.03. The highest BCUT2D eigenvalue weighted by atomic mass is 35.5. The zero-order chi connectivity index (χ0) is 14.0. The number of carboxylic acid groups (broad SMARTS) is 1. The second-order valence-electron chi connectivity index (χ2n) is 3.91. The summed E-state index contributed by atoms with van der Waals surface area (Å²) in [5.41, 5.74) is 0.526. The topological polar surface area (TPSA) is 68.0 Å². The van der Waals surface area contributed by atoms with Crippen molar-refractivity contribution in [2.45, 2.75) is 19.8 Å². The Bertz CT molecular complexity index is 625. The van der Waals surface area contributed by atoms with Crippen molar-refractivity contribution < 1.29 is 9.90 Å². The monoisotopic (exact) mass is 299 g/mol. The smallest absolute Gasteiger partial charge is 0.375 e. The van der Waals surface area contributed by atoms with E-state index >= 15 is 0 Å². The first-order valence-electron chi connectivity index (χ1n) is 5.67. The molecule has 7 heteroatoms. The molecule has 0 aliphatic heterocycles. The molecule has 0 saturated carbocycles. The highest BCUT2D eigenvalue weighted by Crippen LogP contribution is 2.25. The molecule has 0 radical (unpaired) electrons. The summed E-state index contributed by atoms with van der Waals surface area (Å²) >= 11 is 12.0. The van der Waals surface area contributed by atoms with Crippen molar-refractivity contribution in [3.05, 3.63) is 39.9 Å². The van der Waals surface area contributed by atoms with Crippen LogP contribution in [0.5, 0.6) is 0 Å². The molecule has 100 valence electrons. The summed E-state index contributed by atoms with van der Waals surface area (Å²) in [5, 5.41) is 13.9. The molecular weight excluding hydrogens is 289 g/mol. The Kier molecular flexibility index (Phi) is 4.07. The third-order valence-electron chi connectivity index (χ3n) is 2.48. The molecule has 0 amide bonds. The lowest BCUT2D eigenvalue weighted by molar-refractivity contribution is 0.0683. The fourth-order valence-electron chi connectivity index (χ4n) is 1.66. The third kappa shape index (κ3) is 2.88. The standard InChI is InChI=1S/C12H11Cl2N3O2/c1-2-3-10-15-11(12(18)19)16-17(10)9-6-7(13)4-5-8(9)14/h4-6H,2-3H2,1H3,(H,18,19). The van der Waals surface area contributed by atoms with Gasteiger partial charge in [-0.15, -0.1) is 5.10 Å². The van der Waals surface area contributed by atoms with E-state index in [-0.39, 0.29) is 5.82 Å². The maximum Gasteiger partial charge on any atom is 0.375 e. The molecule has 0 saturated heterocycles. The molecule has 2 rings (SSSR count). The Morgan fingerprint density at radius 1 is 1.42 bits per heavy atom. The highest BCUT2D eigenvalue weighted by molar-refractivity contribution is 6.34. The molecule has 1 N–H and O–H groups in total. The summed E-state index contributed by atoms with van der Waals surface area (Å²) < 4.78 is 1.43. The van der Waals surface area contributed by atoms with Crippen LogP contribution in [0.15, 0.2) is 18.2 Å². The highest BCUT2D eigenvalue weighted by Gasteiger charge is 2.17. The number of rotatable bonds is 4. The van der Waals surface area contributed by atoms with Gasteiger partial charge in [0.15, 0.2) is 0 Å². The lowest BCUT2D eigenvalue weighted by Gasteiger charge is -2.07. The van der Waals surface area contributed by atoms with E-state index in [1.807, 2.05) is 6.92 Å². The van der Waals surface area contributed by atoms with Gasteiger partial charge in [-0.1, -0.05) is 30.1 Å². The summed E-state index contributed by atoms with van der Waals surface area (Å²) in [6, 6.07) is 4.92. The molecule has 1 aromatic heterocycles. The van der Waals surface area contributed by atoms with Crippen LogP contribution in [0.4, 0.5) is 0 Å². The molecule has 0 aliphatic rings. The number of aromatic nitrogens is 3. The third-order valence-corrected chi connectivity index (χ3v) is 3.03. The van der Waals surface area contributed by atoms with Gasteiger partial charge in [0.2, 0.25) is 0 Å². The van der Waals surface area contributed by atoms with Crippen LogP contribution in [0.2, 0.25) is 10.0 Å². The quantitative estimate of drug-likeness (QED) is 0.941. The average Bonchev–Trinajstić information content (AvgIpc) is 2.77. The van der Waals surface area contributed by atoms with E-state index in [0.29, 0.717) is 28.0 Å². The minimum absolute atomic E-state index is 0.250. The van der Waals surface area contributed by atoms with Gasteiger partial charge in [0.25, 0.3) is 5.82 Å². The molecule has 0 aliphatic carbocycles.